The van der Waals surface area contributed by atoms with Crippen LogP contribution in [0.2, 0.25) is 0 Å². The Morgan fingerprint density at radius 1 is 1.38 bits per heavy atom. The van der Waals surface area contributed by atoms with Crippen LogP contribution in [0.3, 0.4) is 0 Å². The van der Waals surface area contributed by atoms with E-state index < -0.39 is 0 Å². The Bertz CT molecular complexity index is 469. The number of rotatable bonds is 3. The van der Waals surface area contributed by atoms with Gasteiger partial charge < -0.3 is 19.9 Å². The van der Waals surface area contributed by atoms with Gasteiger partial charge in [-0.1, -0.05) is 0 Å². The van der Waals surface area contributed by atoms with Gasteiger partial charge in [0, 0.05) is 37.6 Å². The van der Waals surface area contributed by atoms with E-state index >= 15 is 0 Å². The summed E-state index contributed by atoms with van der Waals surface area (Å²) in [6, 6.07) is 1.93. The van der Waals surface area contributed by atoms with Gasteiger partial charge in [-0.3, -0.25) is 4.98 Å². The molecular formula is C16H24N2O3. The number of nitrogens with two attached hydrogens (primary N) is 1. The van der Waals surface area contributed by atoms with Crippen LogP contribution in [-0.4, -0.2) is 37.5 Å². The summed E-state index contributed by atoms with van der Waals surface area (Å²) in [6.07, 6.45) is 7.46. The van der Waals surface area contributed by atoms with Gasteiger partial charge in [0.05, 0.1) is 18.9 Å². The van der Waals surface area contributed by atoms with Crippen LogP contribution in [-0.2, 0) is 9.47 Å². The van der Waals surface area contributed by atoms with Gasteiger partial charge in [-0.2, -0.15) is 0 Å². The van der Waals surface area contributed by atoms with Gasteiger partial charge in [-0.15, -0.1) is 0 Å². The fourth-order valence-electron chi connectivity index (χ4n) is 3.55. The van der Waals surface area contributed by atoms with Gasteiger partial charge in [-0.05, 0) is 37.7 Å². The molecule has 1 aromatic rings. The first-order chi connectivity index (χ1) is 10.2. The lowest BCUT2D eigenvalue weighted by molar-refractivity contribution is -0.149. The van der Waals surface area contributed by atoms with Crippen molar-refractivity contribution in [1.29, 1.82) is 0 Å². The van der Waals surface area contributed by atoms with Crippen molar-refractivity contribution in [2.75, 3.05) is 26.9 Å². The Balaban J connectivity index is 1.76. The number of hydrogen-bond acceptors (Lipinski definition) is 5. The molecule has 0 amide bonds. The molecule has 0 bridgehead atoms. The minimum atomic E-state index is -0.0356. The second-order valence-electron chi connectivity index (χ2n) is 6.04. The average Bonchev–Trinajstić information content (AvgIpc) is 2.55. The SMILES string of the molecule is COc1cnccc1C(N)C1CCOC2(CCOCC2)C1. The molecule has 2 aliphatic rings. The average molecular weight is 292 g/mol. The summed E-state index contributed by atoms with van der Waals surface area (Å²) in [7, 11) is 1.66. The minimum Gasteiger partial charge on any atom is -0.495 e. The molecule has 116 valence electrons. The summed E-state index contributed by atoms with van der Waals surface area (Å²) in [5, 5.41) is 0. The fourth-order valence-corrected chi connectivity index (χ4v) is 3.55. The standard InChI is InChI=1S/C16H24N2O3/c1-19-14-11-18-6-2-13(14)15(17)12-3-7-21-16(10-12)4-8-20-9-5-16/h2,6,11-12,15H,3-5,7-10,17H2,1H3. The fraction of sp³-hybridized carbons (Fsp3) is 0.688. The predicted octanol–water partition coefficient (Wildman–Crippen LogP) is 2.07. The number of nitrogens with zero attached hydrogens (tertiary/aromatic N) is 1. The highest BCUT2D eigenvalue weighted by Crippen LogP contribution is 2.42. The van der Waals surface area contributed by atoms with Crippen LogP contribution in [0.5, 0.6) is 5.75 Å². The molecule has 3 rings (SSSR count). The third-order valence-corrected chi connectivity index (χ3v) is 4.84. The third kappa shape index (κ3) is 3.05. The van der Waals surface area contributed by atoms with Crippen LogP contribution < -0.4 is 10.5 Å². The zero-order valence-electron chi connectivity index (χ0n) is 12.6. The first-order valence-corrected chi connectivity index (χ1v) is 7.69. The molecule has 2 unspecified atom stereocenters. The lowest BCUT2D eigenvalue weighted by Crippen LogP contribution is -2.46. The van der Waals surface area contributed by atoms with E-state index in [1.807, 2.05) is 6.07 Å². The van der Waals surface area contributed by atoms with E-state index in [9.17, 15) is 0 Å². The van der Waals surface area contributed by atoms with Crippen molar-refractivity contribution in [3.63, 3.8) is 0 Å². The summed E-state index contributed by atoms with van der Waals surface area (Å²) in [4.78, 5) is 4.11. The van der Waals surface area contributed by atoms with Gasteiger partial charge in [0.15, 0.2) is 0 Å². The van der Waals surface area contributed by atoms with Crippen molar-refractivity contribution in [2.24, 2.45) is 11.7 Å². The Morgan fingerprint density at radius 3 is 2.95 bits per heavy atom. The lowest BCUT2D eigenvalue weighted by atomic mass is 9.76. The number of hydrogen-bond donors (Lipinski definition) is 1. The zero-order chi connectivity index (χ0) is 14.7. The van der Waals surface area contributed by atoms with Crippen molar-refractivity contribution < 1.29 is 14.2 Å². The predicted molar refractivity (Wildman–Crippen MR) is 79.2 cm³/mol. The Kier molecular flexibility index (Phi) is 4.42. The minimum absolute atomic E-state index is 0.0287. The summed E-state index contributed by atoms with van der Waals surface area (Å²) >= 11 is 0. The van der Waals surface area contributed by atoms with E-state index in [0.29, 0.717) is 5.92 Å². The number of ether oxygens (including phenoxy) is 3. The maximum Gasteiger partial charge on any atom is 0.141 e. The van der Waals surface area contributed by atoms with E-state index in [-0.39, 0.29) is 11.6 Å². The van der Waals surface area contributed by atoms with E-state index in [1.165, 1.54) is 0 Å². The Hall–Kier alpha value is -1.17. The van der Waals surface area contributed by atoms with Crippen molar-refractivity contribution >= 4 is 0 Å². The molecule has 1 aromatic heterocycles. The maximum absolute atomic E-state index is 6.54. The van der Waals surface area contributed by atoms with Crippen LogP contribution in [0.1, 0.15) is 37.3 Å². The van der Waals surface area contributed by atoms with Gasteiger partial charge in [0.2, 0.25) is 0 Å². The highest BCUT2D eigenvalue weighted by atomic mass is 16.5. The first-order valence-electron chi connectivity index (χ1n) is 7.69. The smallest absolute Gasteiger partial charge is 0.141 e. The van der Waals surface area contributed by atoms with E-state index in [4.69, 9.17) is 19.9 Å². The van der Waals surface area contributed by atoms with E-state index in [0.717, 1.165) is 56.8 Å². The molecule has 2 saturated heterocycles. The molecule has 2 fully saturated rings. The molecule has 1 spiro atoms. The second-order valence-corrected chi connectivity index (χ2v) is 6.04. The van der Waals surface area contributed by atoms with Crippen molar-refractivity contribution in [3.8, 4) is 5.75 Å². The molecule has 21 heavy (non-hydrogen) atoms. The number of methoxy groups -OCH3 is 1. The highest BCUT2D eigenvalue weighted by molar-refractivity contribution is 5.33. The van der Waals surface area contributed by atoms with Crippen LogP contribution in [0.25, 0.3) is 0 Å². The summed E-state index contributed by atoms with van der Waals surface area (Å²) in [6.45, 7) is 2.37. The van der Waals surface area contributed by atoms with Crippen molar-refractivity contribution in [3.05, 3.63) is 24.0 Å². The van der Waals surface area contributed by atoms with Crippen LogP contribution in [0, 0.1) is 5.92 Å². The summed E-state index contributed by atoms with van der Waals surface area (Å²) < 4.78 is 17.0. The largest absolute Gasteiger partial charge is 0.495 e. The molecule has 0 saturated carbocycles. The van der Waals surface area contributed by atoms with E-state index in [1.54, 1.807) is 19.5 Å². The van der Waals surface area contributed by atoms with Gasteiger partial charge in [0.1, 0.15) is 5.75 Å². The molecule has 3 heterocycles. The van der Waals surface area contributed by atoms with Crippen LogP contribution in [0.4, 0.5) is 0 Å². The second kappa shape index (κ2) is 6.30. The monoisotopic (exact) mass is 292 g/mol. The lowest BCUT2D eigenvalue weighted by Gasteiger charge is -2.44. The van der Waals surface area contributed by atoms with Crippen molar-refractivity contribution in [2.45, 2.75) is 37.3 Å². The zero-order valence-corrected chi connectivity index (χ0v) is 12.6. The molecule has 5 nitrogen and oxygen atoms in total. The molecular weight excluding hydrogens is 268 g/mol. The van der Waals surface area contributed by atoms with E-state index in [2.05, 4.69) is 4.98 Å². The van der Waals surface area contributed by atoms with Gasteiger partial charge in [0.25, 0.3) is 0 Å². The van der Waals surface area contributed by atoms with Crippen LogP contribution in [0.15, 0.2) is 18.5 Å². The normalized spacial score (nSPS) is 26.5. The molecule has 0 aliphatic carbocycles. The summed E-state index contributed by atoms with van der Waals surface area (Å²) in [5.74, 6) is 1.19. The Labute approximate surface area is 125 Å². The van der Waals surface area contributed by atoms with Crippen LogP contribution >= 0.6 is 0 Å². The van der Waals surface area contributed by atoms with Gasteiger partial charge in [-0.25, -0.2) is 0 Å². The maximum atomic E-state index is 6.54. The first kappa shape index (κ1) is 14.8. The summed E-state index contributed by atoms with van der Waals surface area (Å²) in [5.41, 5.74) is 7.56. The number of pyridine rings is 1. The molecule has 0 aromatic carbocycles. The van der Waals surface area contributed by atoms with Crippen molar-refractivity contribution in [1.82, 2.24) is 4.98 Å². The Morgan fingerprint density at radius 2 is 2.19 bits per heavy atom. The quantitative estimate of drug-likeness (QED) is 0.923. The molecule has 5 heteroatoms. The topological polar surface area (TPSA) is 66.6 Å². The molecule has 2 atom stereocenters. The molecule has 2 aliphatic heterocycles. The molecule has 2 N–H and O–H groups in total. The number of aromatic nitrogens is 1. The molecule has 0 radical (unpaired) electrons. The van der Waals surface area contributed by atoms with Gasteiger partial charge >= 0.3 is 0 Å². The third-order valence-electron chi connectivity index (χ3n) is 4.84. The highest BCUT2D eigenvalue weighted by Gasteiger charge is 2.41.